The van der Waals surface area contributed by atoms with E-state index in [0.29, 0.717) is 19.3 Å². The van der Waals surface area contributed by atoms with Crippen LogP contribution in [0.15, 0.2) is 18.2 Å². The number of nitrogens with two attached hydrogens (primary N) is 1. The maximum absolute atomic E-state index is 13.7. The van der Waals surface area contributed by atoms with E-state index in [2.05, 4.69) is 0 Å². The molecule has 1 aliphatic heterocycles. The first kappa shape index (κ1) is 12.1. The van der Waals surface area contributed by atoms with Gasteiger partial charge in [0.05, 0.1) is 6.04 Å². The van der Waals surface area contributed by atoms with Crippen LogP contribution in [0.5, 0.6) is 0 Å². The van der Waals surface area contributed by atoms with E-state index >= 15 is 0 Å². The number of hydrazine groups is 1. The first-order chi connectivity index (χ1) is 8.15. The third-order valence-corrected chi connectivity index (χ3v) is 3.25. The fourth-order valence-electron chi connectivity index (χ4n) is 2.36. The van der Waals surface area contributed by atoms with Crippen LogP contribution in [0.25, 0.3) is 0 Å². The van der Waals surface area contributed by atoms with E-state index in [9.17, 15) is 13.6 Å². The summed E-state index contributed by atoms with van der Waals surface area (Å²) in [6.45, 7) is 0.594. The number of nitrogens with zero attached hydrogens (tertiary/aromatic N) is 1. The van der Waals surface area contributed by atoms with Crippen molar-refractivity contribution in [2.24, 2.45) is 5.84 Å². The van der Waals surface area contributed by atoms with Gasteiger partial charge in [-0.15, -0.1) is 0 Å². The maximum Gasteiger partial charge on any atom is 0.162 e. The lowest BCUT2D eigenvalue weighted by Crippen LogP contribution is -2.49. The van der Waals surface area contributed by atoms with E-state index in [0.717, 1.165) is 12.5 Å². The van der Waals surface area contributed by atoms with Crippen LogP contribution in [0, 0.1) is 11.6 Å². The zero-order valence-electron chi connectivity index (χ0n) is 9.27. The van der Waals surface area contributed by atoms with Crippen molar-refractivity contribution in [1.29, 1.82) is 0 Å². The van der Waals surface area contributed by atoms with Gasteiger partial charge in [-0.05, 0) is 24.5 Å². The molecule has 5 heteroatoms. The van der Waals surface area contributed by atoms with Crippen LogP contribution < -0.4 is 5.84 Å². The van der Waals surface area contributed by atoms with E-state index in [1.807, 2.05) is 0 Å². The lowest BCUT2D eigenvalue weighted by molar-refractivity contribution is -0.114. The Kier molecular flexibility index (Phi) is 3.49. The van der Waals surface area contributed by atoms with Crippen LogP contribution in [0.2, 0.25) is 0 Å². The average molecular weight is 240 g/mol. The number of carbonyl (C=O) groups is 1. The van der Waals surface area contributed by atoms with Crippen molar-refractivity contribution >= 4 is 6.29 Å². The molecule has 92 valence electrons. The molecule has 2 N–H and O–H groups in total. The minimum Gasteiger partial charge on any atom is -0.302 e. The molecule has 17 heavy (non-hydrogen) atoms. The molecule has 1 aromatic rings. The molecule has 3 nitrogen and oxygen atoms in total. The monoisotopic (exact) mass is 240 g/mol. The number of carbonyl (C=O) groups excluding carboxylic acids is 1. The zero-order chi connectivity index (χ0) is 12.4. The molecular weight excluding hydrogens is 226 g/mol. The topological polar surface area (TPSA) is 46.3 Å². The van der Waals surface area contributed by atoms with Gasteiger partial charge in [-0.25, -0.2) is 13.8 Å². The summed E-state index contributed by atoms with van der Waals surface area (Å²) in [6.07, 6.45) is 2.10. The standard InChI is InChI=1S/C12H14F2N2O/c13-10-5-1-3-9(12(10)14)8-4-2-6-16(15)11(8)7-17/h1,3,5,7-8,11H,2,4,6,15H2. The predicted octanol–water partition coefficient (Wildman–Crippen LogP) is 1.59. The molecule has 1 saturated heterocycles. The van der Waals surface area contributed by atoms with E-state index in [4.69, 9.17) is 5.84 Å². The molecule has 1 aromatic carbocycles. The number of benzene rings is 1. The molecule has 0 saturated carbocycles. The highest BCUT2D eigenvalue weighted by atomic mass is 19.2. The Bertz CT molecular complexity index is 425. The second kappa shape index (κ2) is 4.89. The highest BCUT2D eigenvalue weighted by Gasteiger charge is 2.32. The van der Waals surface area contributed by atoms with Crippen molar-refractivity contribution in [1.82, 2.24) is 5.01 Å². The molecule has 2 atom stereocenters. The van der Waals surface area contributed by atoms with Crippen LogP contribution >= 0.6 is 0 Å². The lowest BCUT2D eigenvalue weighted by atomic mass is 9.84. The Hall–Kier alpha value is -1.33. The van der Waals surface area contributed by atoms with Crippen LogP contribution in [-0.2, 0) is 4.79 Å². The number of hydrogen-bond donors (Lipinski definition) is 1. The van der Waals surface area contributed by atoms with Gasteiger partial charge in [0.1, 0.15) is 6.29 Å². The van der Waals surface area contributed by atoms with E-state index < -0.39 is 17.7 Å². The highest BCUT2D eigenvalue weighted by Crippen LogP contribution is 2.32. The third-order valence-electron chi connectivity index (χ3n) is 3.25. The predicted molar refractivity (Wildman–Crippen MR) is 59.1 cm³/mol. The van der Waals surface area contributed by atoms with Crippen molar-refractivity contribution < 1.29 is 13.6 Å². The van der Waals surface area contributed by atoms with E-state index in [1.165, 1.54) is 17.1 Å². The molecule has 1 heterocycles. The number of rotatable bonds is 2. The van der Waals surface area contributed by atoms with Crippen molar-refractivity contribution in [2.45, 2.75) is 24.8 Å². The number of halogens is 2. The van der Waals surface area contributed by atoms with Crippen molar-refractivity contribution in [2.75, 3.05) is 6.54 Å². The Labute approximate surface area is 98.2 Å². The Morgan fingerprint density at radius 3 is 2.88 bits per heavy atom. The van der Waals surface area contributed by atoms with Gasteiger partial charge in [0, 0.05) is 12.5 Å². The van der Waals surface area contributed by atoms with Crippen molar-refractivity contribution in [3.05, 3.63) is 35.4 Å². The van der Waals surface area contributed by atoms with Gasteiger partial charge in [0.25, 0.3) is 0 Å². The second-order valence-electron chi connectivity index (χ2n) is 4.26. The molecule has 0 radical (unpaired) electrons. The first-order valence-corrected chi connectivity index (χ1v) is 5.55. The minimum absolute atomic E-state index is 0.234. The fourth-order valence-corrected chi connectivity index (χ4v) is 2.36. The molecule has 0 amide bonds. The van der Waals surface area contributed by atoms with Gasteiger partial charge in [-0.2, -0.15) is 0 Å². The molecule has 1 fully saturated rings. The SMILES string of the molecule is NN1CCCC(c2cccc(F)c2F)C1C=O. The van der Waals surface area contributed by atoms with Crippen LogP contribution in [-0.4, -0.2) is 23.9 Å². The summed E-state index contributed by atoms with van der Waals surface area (Å²) in [7, 11) is 0. The summed E-state index contributed by atoms with van der Waals surface area (Å²) in [5, 5.41) is 1.39. The molecule has 0 bridgehead atoms. The Balaban J connectivity index is 2.37. The molecule has 1 aliphatic rings. The van der Waals surface area contributed by atoms with Gasteiger partial charge in [0.2, 0.25) is 0 Å². The molecule has 2 rings (SSSR count). The maximum atomic E-state index is 13.7. The number of piperidine rings is 1. The summed E-state index contributed by atoms with van der Waals surface area (Å²) in [5.74, 6) is 3.56. The average Bonchev–Trinajstić information content (AvgIpc) is 2.32. The summed E-state index contributed by atoms with van der Waals surface area (Å²) in [6, 6.07) is 3.45. The van der Waals surface area contributed by atoms with Gasteiger partial charge in [-0.3, -0.25) is 5.84 Å². The summed E-state index contributed by atoms with van der Waals surface area (Å²) in [4.78, 5) is 11.0. The third kappa shape index (κ3) is 2.21. The van der Waals surface area contributed by atoms with E-state index in [-0.39, 0.29) is 11.5 Å². The fraction of sp³-hybridized carbons (Fsp3) is 0.417. The Morgan fingerprint density at radius 1 is 1.41 bits per heavy atom. The smallest absolute Gasteiger partial charge is 0.162 e. The minimum atomic E-state index is -0.888. The largest absolute Gasteiger partial charge is 0.302 e. The zero-order valence-corrected chi connectivity index (χ0v) is 9.27. The molecule has 0 spiro atoms. The summed E-state index contributed by atoms with van der Waals surface area (Å²) >= 11 is 0. The van der Waals surface area contributed by atoms with Crippen molar-refractivity contribution in [3.8, 4) is 0 Å². The number of hydrogen-bond acceptors (Lipinski definition) is 3. The van der Waals surface area contributed by atoms with Gasteiger partial charge >= 0.3 is 0 Å². The highest BCUT2D eigenvalue weighted by molar-refractivity contribution is 5.60. The second-order valence-corrected chi connectivity index (χ2v) is 4.26. The molecule has 2 unspecified atom stereocenters. The van der Waals surface area contributed by atoms with Gasteiger partial charge in [-0.1, -0.05) is 12.1 Å². The Morgan fingerprint density at radius 2 is 2.18 bits per heavy atom. The summed E-state index contributed by atoms with van der Waals surface area (Å²) < 4.78 is 26.8. The molecule has 0 aromatic heterocycles. The van der Waals surface area contributed by atoms with Crippen molar-refractivity contribution in [3.63, 3.8) is 0 Å². The van der Waals surface area contributed by atoms with E-state index in [1.54, 1.807) is 0 Å². The van der Waals surface area contributed by atoms with Crippen LogP contribution in [0.3, 0.4) is 0 Å². The molecule has 0 aliphatic carbocycles. The normalized spacial score (nSPS) is 25.8. The molecular formula is C12H14F2N2O. The first-order valence-electron chi connectivity index (χ1n) is 5.55. The number of aldehydes is 1. The van der Waals surface area contributed by atoms with Gasteiger partial charge in [0.15, 0.2) is 11.6 Å². The quantitative estimate of drug-likeness (QED) is 0.630. The van der Waals surface area contributed by atoms with Crippen LogP contribution in [0.4, 0.5) is 8.78 Å². The van der Waals surface area contributed by atoms with Gasteiger partial charge < -0.3 is 4.79 Å². The lowest BCUT2D eigenvalue weighted by Gasteiger charge is -2.35. The summed E-state index contributed by atoms with van der Waals surface area (Å²) in [5.41, 5.74) is 0.234. The van der Waals surface area contributed by atoms with Crippen LogP contribution in [0.1, 0.15) is 24.3 Å².